The average molecular weight is 285 g/mol. The number of nitriles is 1. The second kappa shape index (κ2) is 6.31. The molecule has 0 spiro atoms. The van der Waals surface area contributed by atoms with Crippen molar-refractivity contribution in [3.63, 3.8) is 0 Å². The first-order chi connectivity index (χ1) is 8.47. The third-order valence-electron chi connectivity index (χ3n) is 3.58. The Balaban J connectivity index is 5.21. The van der Waals surface area contributed by atoms with Gasteiger partial charge in [0.15, 0.2) is 5.78 Å². The lowest BCUT2D eigenvalue weighted by Gasteiger charge is -2.32. The zero-order valence-corrected chi connectivity index (χ0v) is 13.4. The highest BCUT2D eigenvalue weighted by Crippen LogP contribution is 2.33. The minimum atomic E-state index is -2.24. The molecule has 0 heterocycles. The molecule has 1 unspecified atom stereocenters. The number of carbonyl (C=O) groups is 2. The molecule has 0 aromatic heterocycles. The number of carboxylic acid groups (broad SMARTS) is 1. The number of aliphatic hydroxyl groups is 1. The number of hydrogen-bond acceptors (Lipinski definition) is 4. The van der Waals surface area contributed by atoms with E-state index in [-0.39, 0.29) is 24.2 Å². The summed E-state index contributed by atoms with van der Waals surface area (Å²) in [5.41, 5.74) is -0.288. The van der Waals surface area contributed by atoms with Gasteiger partial charge in [-0.15, -0.1) is 0 Å². The quantitative estimate of drug-likeness (QED) is 0.567. The molecule has 0 rings (SSSR count). The fourth-order valence-corrected chi connectivity index (χ4v) is 3.12. The molecule has 0 aliphatic carbocycles. The van der Waals surface area contributed by atoms with Gasteiger partial charge in [-0.3, -0.25) is 4.79 Å². The summed E-state index contributed by atoms with van der Waals surface area (Å²) in [4.78, 5) is 23.4. The highest BCUT2D eigenvalue weighted by atomic mass is 28.3. The number of carboxylic acids is 1. The molecule has 0 radical (unpaired) electrons. The van der Waals surface area contributed by atoms with Crippen LogP contribution in [0.25, 0.3) is 0 Å². The summed E-state index contributed by atoms with van der Waals surface area (Å²) in [7, 11) is -2.13. The number of rotatable bonds is 6. The van der Waals surface area contributed by atoms with Gasteiger partial charge < -0.3 is 10.2 Å². The van der Waals surface area contributed by atoms with Crippen LogP contribution in [0.15, 0.2) is 0 Å². The maximum atomic E-state index is 12.2. The topological polar surface area (TPSA) is 98.4 Å². The molecule has 0 aromatic carbocycles. The van der Waals surface area contributed by atoms with Crippen LogP contribution in [-0.4, -0.2) is 36.0 Å². The van der Waals surface area contributed by atoms with E-state index in [9.17, 15) is 14.7 Å². The van der Waals surface area contributed by atoms with Crippen molar-refractivity contribution in [3.8, 4) is 6.07 Å². The van der Waals surface area contributed by atoms with Gasteiger partial charge in [-0.05, 0) is 11.3 Å². The summed E-state index contributed by atoms with van der Waals surface area (Å²) in [6.07, 6.45) is 0.0929. The third-order valence-corrected chi connectivity index (χ3v) is 5.82. The lowest BCUT2D eigenvalue weighted by atomic mass is 9.76. The largest absolute Gasteiger partial charge is 0.479 e. The van der Waals surface area contributed by atoms with Crippen LogP contribution in [0, 0.1) is 22.7 Å². The van der Waals surface area contributed by atoms with Crippen LogP contribution in [0.4, 0.5) is 0 Å². The molecule has 0 bridgehead atoms. The van der Waals surface area contributed by atoms with E-state index in [0.29, 0.717) is 0 Å². The summed E-state index contributed by atoms with van der Waals surface area (Å²) in [6.45, 7) is 8.95. The van der Waals surface area contributed by atoms with E-state index in [1.807, 2.05) is 26.8 Å². The van der Waals surface area contributed by atoms with Crippen molar-refractivity contribution >= 4 is 20.5 Å². The minimum Gasteiger partial charge on any atom is -0.479 e. The van der Waals surface area contributed by atoms with Crippen LogP contribution in [0.5, 0.6) is 0 Å². The Morgan fingerprint density at radius 1 is 1.32 bits per heavy atom. The zero-order chi connectivity index (χ0) is 15.4. The van der Waals surface area contributed by atoms with E-state index < -0.39 is 25.8 Å². The van der Waals surface area contributed by atoms with Gasteiger partial charge in [0.1, 0.15) is 0 Å². The summed E-state index contributed by atoms with van der Waals surface area (Å²) < 4.78 is 0. The van der Waals surface area contributed by atoms with E-state index in [0.717, 1.165) is 0 Å². The van der Waals surface area contributed by atoms with Crippen molar-refractivity contribution in [2.45, 2.75) is 51.9 Å². The lowest BCUT2D eigenvalue weighted by molar-refractivity contribution is -0.157. The second-order valence-corrected chi connectivity index (χ2v) is 9.42. The summed E-state index contributed by atoms with van der Waals surface area (Å²) in [6, 6.07) is 2.02. The summed E-state index contributed by atoms with van der Waals surface area (Å²) in [5.74, 6) is -2.40. The molecule has 6 heteroatoms. The molecule has 0 saturated carbocycles. The van der Waals surface area contributed by atoms with Gasteiger partial charge in [0, 0.05) is 12.8 Å². The second-order valence-electron chi connectivity index (χ2n) is 6.28. The van der Waals surface area contributed by atoms with Gasteiger partial charge in [-0.1, -0.05) is 33.9 Å². The Morgan fingerprint density at radius 3 is 2.05 bits per heavy atom. The molecule has 0 aromatic rings. The van der Waals surface area contributed by atoms with Crippen LogP contribution in [0.3, 0.4) is 0 Å². The third kappa shape index (κ3) is 4.15. The number of nitrogens with zero attached hydrogens (tertiary/aromatic N) is 1. The number of ketones is 1. The van der Waals surface area contributed by atoms with Gasteiger partial charge >= 0.3 is 5.97 Å². The Hall–Kier alpha value is -1.19. The van der Waals surface area contributed by atoms with Crippen LogP contribution in [0.1, 0.15) is 33.6 Å². The minimum absolute atomic E-state index is 0.0783. The first kappa shape index (κ1) is 17.8. The monoisotopic (exact) mass is 285 g/mol. The Bertz CT molecular complexity index is 394. The Labute approximate surface area is 115 Å². The molecule has 108 valence electrons. The first-order valence-electron chi connectivity index (χ1n) is 6.33. The van der Waals surface area contributed by atoms with E-state index in [2.05, 4.69) is 0 Å². The maximum absolute atomic E-state index is 12.2. The molecule has 5 nitrogen and oxygen atoms in total. The smallest absolute Gasteiger partial charge is 0.339 e. The number of carbonyl (C=O) groups excluding carboxylic acids is 1. The fourth-order valence-electron chi connectivity index (χ4n) is 1.86. The van der Waals surface area contributed by atoms with Crippen molar-refractivity contribution in [2.24, 2.45) is 11.3 Å². The standard InChI is InChI=1S/C13H23NO4Si/c1-12(2,3)9(6-7-14)8-10(15)13(18,11(16)17)19(4)5/h9,18-19H,6,8H2,1-5H3,(H,16,17)/t9-,13?/m1/s1. The Kier molecular flexibility index (Phi) is 5.91. The van der Waals surface area contributed by atoms with Crippen LogP contribution < -0.4 is 0 Å². The summed E-state index contributed by atoms with van der Waals surface area (Å²) in [5, 5.41) is 25.8. The summed E-state index contributed by atoms with van der Waals surface area (Å²) >= 11 is 0. The highest BCUT2D eigenvalue weighted by Gasteiger charge is 2.48. The lowest BCUT2D eigenvalue weighted by Crippen LogP contribution is -2.56. The fraction of sp³-hybridized carbons (Fsp3) is 0.769. The molecular weight excluding hydrogens is 262 g/mol. The van der Waals surface area contributed by atoms with Gasteiger partial charge in [-0.2, -0.15) is 5.26 Å². The normalized spacial score (nSPS) is 16.5. The van der Waals surface area contributed by atoms with Crippen molar-refractivity contribution in [1.29, 1.82) is 5.26 Å². The number of aliphatic carboxylic acids is 1. The SMILES string of the molecule is C[SiH](C)C(O)(C(=O)O)C(=O)C[C@@H](CC#N)C(C)(C)C. The van der Waals surface area contributed by atoms with Crippen molar-refractivity contribution in [2.75, 3.05) is 0 Å². The van der Waals surface area contributed by atoms with E-state index >= 15 is 0 Å². The van der Waals surface area contributed by atoms with Crippen LogP contribution in [-0.2, 0) is 9.59 Å². The molecular formula is C13H23NO4Si. The molecule has 19 heavy (non-hydrogen) atoms. The molecule has 0 aliphatic heterocycles. The molecule has 0 saturated heterocycles. The van der Waals surface area contributed by atoms with Crippen LogP contribution >= 0.6 is 0 Å². The Morgan fingerprint density at radius 2 is 1.79 bits per heavy atom. The predicted octanol–water partition coefficient (Wildman–Crippen LogP) is 1.36. The van der Waals surface area contributed by atoms with E-state index in [1.165, 1.54) is 0 Å². The van der Waals surface area contributed by atoms with Crippen molar-refractivity contribution in [3.05, 3.63) is 0 Å². The number of hydrogen-bond donors (Lipinski definition) is 2. The van der Waals surface area contributed by atoms with Crippen molar-refractivity contribution < 1.29 is 19.8 Å². The van der Waals surface area contributed by atoms with Crippen LogP contribution in [0.2, 0.25) is 13.1 Å². The van der Waals surface area contributed by atoms with E-state index in [4.69, 9.17) is 10.4 Å². The molecule has 2 N–H and O–H groups in total. The van der Waals surface area contributed by atoms with Crippen molar-refractivity contribution in [1.82, 2.24) is 0 Å². The predicted molar refractivity (Wildman–Crippen MR) is 74.3 cm³/mol. The first-order valence-corrected chi connectivity index (χ1v) is 9.22. The highest BCUT2D eigenvalue weighted by molar-refractivity contribution is 6.69. The molecule has 0 amide bonds. The molecule has 0 aliphatic rings. The van der Waals surface area contributed by atoms with Gasteiger partial charge in [-0.25, -0.2) is 4.79 Å². The average Bonchev–Trinajstić information content (AvgIpc) is 2.25. The number of Topliss-reactive ketones (excluding diaryl/α,β-unsaturated/α-hetero) is 1. The zero-order valence-electron chi connectivity index (χ0n) is 12.2. The van der Waals surface area contributed by atoms with E-state index in [1.54, 1.807) is 13.1 Å². The van der Waals surface area contributed by atoms with Gasteiger partial charge in [0.25, 0.3) is 0 Å². The van der Waals surface area contributed by atoms with Gasteiger partial charge in [0.05, 0.1) is 14.9 Å². The molecule has 0 fully saturated rings. The maximum Gasteiger partial charge on any atom is 0.339 e. The van der Waals surface area contributed by atoms with Gasteiger partial charge in [0.2, 0.25) is 5.22 Å². The molecule has 2 atom stereocenters.